The van der Waals surface area contributed by atoms with E-state index < -0.39 is 0 Å². The molecule has 1 aromatic heterocycles. The Bertz CT molecular complexity index is 324. The van der Waals surface area contributed by atoms with Crippen LogP contribution in [0.1, 0.15) is 29.8 Å². The van der Waals surface area contributed by atoms with Gasteiger partial charge in [0, 0.05) is 19.7 Å². The van der Waals surface area contributed by atoms with Crippen LogP contribution in [0, 0.1) is 6.92 Å². The summed E-state index contributed by atoms with van der Waals surface area (Å²) in [7, 11) is 0. The molecule has 1 heterocycles. The first-order chi connectivity index (χ1) is 7.19. The highest BCUT2D eigenvalue weighted by molar-refractivity contribution is 5.90. The lowest BCUT2D eigenvalue weighted by Crippen LogP contribution is -2.33. The van der Waals surface area contributed by atoms with Gasteiger partial charge in [-0.2, -0.15) is 0 Å². The van der Waals surface area contributed by atoms with Crippen LogP contribution >= 0.6 is 0 Å². The first kappa shape index (κ1) is 11.6. The molecule has 84 valence electrons. The normalized spacial score (nSPS) is 10.3. The number of aromatic amines is 1. The standard InChI is InChI=1S/C9H16N4O2/c1-3-13(5-4-6-14)9(15)8-10-7(2)11-12-8/h14H,3-6H2,1-2H3,(H,10,11,12). The summed E-state index contributed by atoms with van der Waals surface area (Å²) in [5, 5.41) is 15.1. The smallest absolute Gasteiger partial charge is 0.293 e. The maximum absolute atomic E-state index is 11.8. The van der Waals surface area contributed by atoms with Crippen molar-refractivity contribution < 1.29 is 9.90 Å². The minimum absolute atomic E-state index is 0.0802. The van der Waals surface area contributed by atoms with Crippen molar-refractivity contribution in [1.29, 1.82) is 0 Å². The van der Waals surface area contributed by atoms with Crippen LogP contribution < -0.4 is 0 Å². The van der Waals surface area contributed by atoms with Gasteiger partial charge in [-0.3, -0.25) is 9.89 Å². The van der Waals surface area contributed by atoms with Gasteiger partial charge in [-0.1, -0.05) is 0 Å². The van der Waals surface area contributed by atoms with E-state index in [-0.39, 0.29) is 18.3 Å². The second kappa shape index (κ2) is 5.45. The number of aliphatic hydroxyl groups is 1. The Labute approximate surface area is 88.3 Å². The molecule has 0 radical (unpaired) electrons. The average molecular weight is 212 g/mol. The Kier molecular flexibility index (Phi) is 4.23. The predicted molar refractivity (Wildman–Crippen MR) is 54.4 cm³/mol. The highest BCUT2D eigenvalue weighted by atomic mass is 16.3. The molecule has 0 atom stereocenters. The van der Waals surface area contributed by atoms with Crippen molar-refractivity contribution in [2.45, 2.75) is 20.3 Å². The van der Waals surface area contributed by atoms with Crippen LogP contribution in [-0.2, 0) is 0 Å². The van der Waals surface area contributed by atoms with Gasteiger partial charge >= 0.3 is 0 Å². The van der Waals surface area contributed by atoms with Gasteiger partial charge < -0.3 is 10.0 Å². The van der Waals surface area contributed by atoms with E-state index in [1.807, 2.05) is 6.92 Å². The molecule has 6 heteroatoms. The number of hydrogen-bond acceptors (Lipinski definition) is 4. The molecule has 0 aliphatic heterocycles. The first-order valence-electron chi connectivity index (χ1n) is 4.98. The maximum Gasteiger partial charge on any atom is 0.293 e. The van der Waals surface area contributed by atoms with Crippen molar-refractivity contribution in [3.63, 3.8) is 0 Å². The van der Waals surface area contributed by atoms with Gasteiger partial charge in [-0.05, 0) is 20.3 Å². The monoisotopic (exact) mass is 212 g/mol. The largest absolute Gasteiger partial charge is 0.396 e. The number of aryl methyl sites for hydroxylation is 1. The third kappa shape index (κ3) is 3.02. The van der Waals surface area contributed by atoms with E-state index in [1.165, 1.54) is 0 Å². The third-order valence-corrected chi connectivity index (χ3v) is 2.04. The van der Waals surface area contributed by atoms with E-state index in [9.17, 15) is 4.79 Å². The fraction of sp³-hybridized carbons (Fsp3) is 0.667. The molecule has 15 heavy (non-hydrogen) atoms. The summed E-state index contributed by atoms with van der Waals surface area (Å²) >= 11 is 0. The Morgan fingerprint density at radius 1 is 1.60 bits per heavy atom. The van der Waals surface area contributed by atoms with Crippen LogP contribution in [-0.4, -0.2) is 50.8 Å². The van der Waals surface area contributed by atoms with E-state index in [4.69, 9.17) is 5.11 Å². The van der Waals surface area contributed by atoms with Crippen molar-refractivity contribution in [2.75, 3.05) is 19.7 Å². The van der Waals surface area contributed by atoms with Crippen LogP contribution in [0.25, 0.3) is 0 Å². The Balaban J connectivity index is 2.64. The van der Waals surface area contributed by atoms with Crippen LogP contribution in [0.15, 0.2) is 0 Å². The molecule has 1 aromatic rings. The molecule has 0 saturated carbocycles. The summed E-state index contributed by atoms with van der Waals surface area (Å²) in [4.78, 5) is 17.4. The Morgan fingerprint density at radius 3 is 2.80 bits per heavy atom. The summed E-state index contributed by atoms with van der Waals surface area (Å²) in [5.41, 5.74) is 0. The molecule has 1 amide bonds. The lowest BCUT2D eigenvalue weighted by atomic mass is 10.3. The fourth-order valence-corrected chi connectivity index (χ4v) is 1.24. The van der Waals surface area contributed by atoms with Gasteiger partial charge in [0.1, 0.15) is 5.82 Å². The number of amides is 1. The Morgan fingerprint density at radius 2 is 2.33 bits per heavy atom. The molecule has 0 spiro atoms. The van der Waals surface area contributed by atoms with Gasteiger partial charge in [-0.25, -0.2) is 4.98 Å². The van der Waals surface area contributed by atoms with Gasteiger partial charge in [-0.15, -0.1) is 5.10 Å². The van der Waals surface area contributed by atoms with Gasteiger partial charge in [0.15, 0.2) is 0 Å². The summed E-state index contributed by atoms with van der Waals surface area (Å²) in [6, 6.07) is 0. The number of nitrogens with one attached hydrogen (secondary N) is 1. The summed E-state index contributed by atoms with van der Waals surface area (Å²) < 4.78 is 0. The molecular formula is C9H16N4O2. The summed E-state index contributed by atoms with van der Waals surface area (Å²) in [6.45, 7) is 4.82. The predicted octanol–water partition coefficient (Wildman–Crippen LogP) is -0.0424. The molecule has 0 saturated heterocycles. The third-order valence-electron chi connectivity index (χ3n) is 2.04. The number of hydrogen-bond donors (Lipinski definition) is 2. The summed E-state index contributed by atoms with van der Waals surface area (Å²) in [6.07, 6.45) is 0.572. The molecule has 0 aliphatic carbocycles. The minimum Gasteiger partial charge on any atom is -0.396 e. The summed E-state index contributed by atoms with van der Waals surface area (Å²) in [5.74, 6) is 0.610. The number of H-pyrrole nitrogens is 1. The highest BCUT2D eigenvalue weighted by Crippen LogP contribution is 2.00. The van der Waals surface area contributed by atoms with E-state index in [0.717, 1.165) is 0 Å². The van der Waals surface area contributed by atoms with Gasteiger partial charge in [0.2, 0.25) is 5.82 Å². The number of rotatable bonds is 5. The van der Waals surface area contributed by atoms with Crippen molar-refractivity contribution in [1.82, 2.24) is 20.1 Å². The van der Waals surface area contributed by atoms with Crippen molar-refractivity contribution >= 4 is 5.91 Å². The maximum atomic E-state index is 11.8. The highest BCUT2D eigenvalue weighted by Gasteiger charge is 2.17. The van der Waals surface area contributed by atoms with Crippen LogP contribution in [0.5, 0.6) is 0 Å². The fourth-order valence-electron chi connectivity index (χ4n) is 1.24. The molecule has 1 rings (SSSR count). The second-order valence-electron chi connectivity index (χ2n) is 3.21. The molecule has 0 bridgehead atoms. The zero-order valence-electron chi connectivity index (χ0n) is 9.03. The molecule has 0 aromatic carbocycles. The second-order valence-corrected chi connectivity index (χ2v) is 3.21. The number of nitrogens with zero attached hydrogens (tertiary/aromatic N) is 3. The lowest BCUT2D eigenvalue weighted by Gasteiger charge is -2.18. The topological polar surface area (TPSA) is 82.1 Å². The van der Waals surface area contributed by atoms with Crippen molar-refractivity contribution in [2.24, 2.45) is 0 Å². The van der Waals surface area contributed by atoms with E-state index in [0.29, 0.717) is 25.3 Å². The zero-order chi connectivity index (χ0) is 11.3. The average Bonchev–Trinajstić information content (AvgIpc) is 2.65. The van der Waals surface area contributed by atoms with E-state index in [2.05, 4.69) is 15.2 Å². The molecule has 0 unspecified atom stereocenters. The van der Waals surface area contributed by atoms with Crippen molar-refractivity contribution in [3.8, 4) is 0 Å². The van der Waals surface area contributed by atoms with E-state index >= 15 is 0 Å². The number of aliphatic hydroxyl groups excluding tert-OH is 1. The van der Waals surface area contributed by atoms with Gasteiger partial charge in [0.25, 0.3) is 5.91 Å². The van der Waals surface area contributed by atoms with Crippen LogP contribution in [0.4, 0.5) is 0 Å². The number of carbonyl (C=O) groups is 1. The molecule has 0 aliphatic rings. The van der Waals surface area contributed by atoms with Crippen LogP contribution in [0.3, 0.4) is 0 Å². The zero-order valence-corrected chi connectivity index (χ0v) is 9.03. The molecule has 0 fully saturated rings. The molecular weight excluding hydrogens is 196 g/mol. The molecule has 2 N–H and O–H groups in total. The van der Waals surface area contributed by atoms with Crippen LogP contribution in [0.2, 0.25) is 0 Å². The van der Waals surface area contributed by atoms with Gasteiger partial charge in [0.05, 0.1) is 0 Å². The SMILES string of the molecule is CCN(CCCO)C(=O)c1n[nH]c(C)n1. The lowest BCUT2D eigenvalue weighted by molar-refractivity contribution is 0.0742. The van der Waals surface area contributed by atoms with E-state index in [1.54, 1.807) is 11.8 Å². The quantitative estimate of drug-likeness (QED) is 0.717. The molecule has 6 nitrogen and oxygen atoms in total. The first-order valence-corrected chi connectivity index (χ1v) is 4.98. The Hall–Kier alpha value is -1.43. The minimum atomic E-state index is -0.199. The number of aromatic nitrogens is 3. The van der Waals surface area contributed by atoms with Crippen molar-refractivity contribution in [3.05, 3.63) is 11.6 Å². The number of carbonyl (C=O) groups excluding carboxylic acids is 1.